The smallest absolute Gasteiger partial charge is 0.289 e. The molecule has 0 spiro atoms. The lowest BCUT2D eigenvalue weighted by Gasteiger charge is -2.34. The zero-order valence-electron chi connectivity index (χ0n) is 15.3. The van der Waals surface area contributed by atoms with Gasteiger partial charge in [0.25, 0.3) is 11.5 Å². The van der Waals surface area contributed by atoms with Crippen LogP contribution >= 0.6 is 0 Å². The largest absolute Gasteiger partial charge is 0.451 e. The molecule has 0 aliphatic carbocycles. The van der Waals surface area contributed by atoms with Crippen LogP contribution in [-0.2, 0) is 6.54 Å². The molecule has 3 heterocycles. The molecule has 140 valence electrons. The number of rotatable bonds is 4. The Bertz CT molecular complexity index is 982. The van der Waals surface area contributed by atoms with Gasteiger partial charge in [0.15, 0.2) is 5.76 Å². The van der Waals surface area contributed by atoms with Crippen molar-refractivity contribution in [3.8, 4) is 0 Å². The van der Waals surface area contributed by atoms with Gasteiger partial charge in [-0.15, -0.1) is 0 Å². The van der Waals surface area contributed by atoms with Crippen LogP contribution in [0.3, 0.4) is 0 Å². The molecule has 0 bridgehead atoms. The van der Waals surface area contributed by atoms with Gasteiger partial charge < -0.3 is 9.32 Å². The molecular formula is C20H22N4O3. The van der Waals surface area contributed by atoms with E-state index in [1.165, 1.54) is 4.68 Å². The Balaban J connectivity index is 1.33. The number of hydrogen-bond donors (Lipinski definition) is 0. The fourth-order valence-corrected chi connectivity index (χ4v) is 3.36. The van der Waals surface area contributed by atoms with E-state index in [0.717, 1.165) is 36.3 Å². The van der Waals surface area contributed by atoms with Crippen molar-refractivity contribution in [1.82, 2.24) is 19.6 Å². The van der Waals surface area contributed by atoms with Gasteiger partial charge in [0.2, 0.25) is 0 Å². The van der Waals surface area contributed by atoms with Gasteiger partial charge in [-0.1, -0.05) is 18.2 Å². The molecule has 0 atom stereocenters. The minimum absolute atomic E-state index is 0.0672. The maximum absolute atomic E-state index is 12.7. The van der Waals surface area contributed by atoms with E-state index in [4.69, 9.17) is 4.42 Å². The lowest BCUT2D eigenvalue weighted by atomic mass is 10.2. The van der Waals surface area contributed by atoms with Gasteiger partial charge >= 0.3 is 0 Å². The van der Waals surface area contributed by atoms with Crippen LogP contribution in [-0.4, -0.2) is 58.2 Å². The summed E-state index contributed by atoms with van der Waals surface area (Å²) < 4.78 is 7.19. The molecule has 1 amide bonds. The highest BCUT2D eigenvalue weighted by molar-refractivity contribution is 5.96. The van der Waals surface area contributed by atoms with Crippen LogP contribution in [0.4, 0.5) is 0 Å². The molecule has 3 aromatic rings. The average Bonchev–Trinajstić information content (AvgIpc) is 3.13. The zero-order valence-corrected chi connectivity index (χ0v) is 15.3. The summed E-state index contributed by atoms with van der Waals surface area (Å²) in [4.78, 5) is 28.6. The van der Waals surface area contributed by atoms with Crippen molar-refractivity contribution in [2.75, 3.05) is 32.7 Å². The molecular weight excluding hydrogens is 344 g/mol. The summed E-state index contributed by atoms with van der Waals surface area (Å²) in [6, 6.07) is 12.7. The van der Waals surface area contributed by atoms with Crippen molar-refractivity contribution in [1.29, 1.82) is 0 Å². The highest BCUT2D eigenvalue weighted by Gasteiger charge is 2.24. The van der Waals surface area contributed by atoms with Gasteiger partial charge in [-0.25, -0.2) is 4.68 Å². The van der Waals surface area contributed by atoms with Gasteiger partial charge in [0.1, 0.15) is 5.58 Å². The van der Waals surface area contributed by atoms with Crippen molar-refractivity contribution in [3.05, 3.63) is 64.3 Å². The maximum Gasteiger partial charge on any atom is 0.289 e. The Morgan fingerprint density at radius 2 is 1.85 bits per heavy atom. The lowest BCUT2D eigenvalue weighted by molar-refractivity contribution is 0.0603. The molecule has 1 saturated heterocycles. The number of carbonyl (C=O) groups is 1. The molecule has 7 heteroatoms. The number of piperazine rings is 1. The Morgan fingerprint density at radius 3 is 2.63 bits per heavy atom. The van der Waals surface area contributed by atoms with Gasteiger partial charge in [0, 0.05) is 44.2 Å². The van der Waals surface area contributed by atoms with E-state index in [0.29, 0.717) is 25.4 Å². The molecule has 0 unspecified atom stereocenters. The fourth-order valence-electron chi connectivity index (χ4n) is 3.36. The number of aryl methyl sites for hydroxylation is 1. The van der Waals surface area contributed by atoms with Crippen LogP contribution in [0.15, 0.2) is 51.7 Å². The second-order valence-electron chi connectivity index (χ2n) is 6.82. The van der Waals surface area contributed by atoms with E-state index in [2.05, 4.69) is 10.00 Å². The molecule has 7 nitrogen and oxygen atoms in total. The van der Waals surface area contributed by atoms with Crippen LogP contribution in [0.25, 0.3) is 11.0 Å². The Labute approximate surface area is 156 Å². The molecule has 1 aromatic carbocycles. The van der Waals surface area contributed by atoms with Crippen LogP contribution in [0.2, 0.25) is 0 Å². The predicted octanol–water partition coefficient (Wildman–Crippen LogP) is 1.76. The number of nitrogens with zero attached hydrogens (tertiary/aromatic N) is 4. The van der Waals surface area contributed by atoms with Crippen LogP contribution in [0.5, 0.6) is 0 Å². The standard InChI is InChI=1S/C20H22N4O3/c1-15-6-7-19(25)24(21-15)13-10-22-8-11-23(12-9-22)20(26)18-14-16-4-2-3-5-17(16)27-18/h2-7,14H,8-13H2,1H3. The molecule has 27 heavy (non-hydrogen) atoms. The topological polar surface area (TPSA) is 71.6 Å². The Morgan fingerprint density at radius 1 is 1.07 bits per heavy atom. The number of fused-ring (bicyclic) bond motifs is 1. The van der Waals surface area contributed by atoms with Crippen molar-refractivity contribution < 1.29 is 9.21 Å². The first-order valence-corrected chi connectivity index (χ1v) is 9.15. The van der Waals surface area contributed by atoms with E-state index < -0.39 is 0 Å². The molecule has 1 aliphatic rings. The maximum atomic E-state index is 12.7. The number of para-hydroxylation sites is 1. The highest BCUT2D eigenvalue weighted by atomic mass is 16.3. The van der Waals surface area contributed by atoms with E-state index >= 15 is 0 Å². The number of aromatic nitrogens is 2. The number of carbonyl (C=O) groups excluding carboxylic acids is 1. The first-order valence-electron chi connectivity index (χ1n) is 9.15. The van der Waals surface area contributed by atoms with Crippen LogP contribution < -0.4 is 5.56 Å². The minimum atomic E-state index is -0.0840. The predicted molar refractivity (Wildman–Crippen MR) is 102 cm³/mol. The van der Waals surface area contributed by atoms with Crippen LogP contribution in [0.1, 0.15) is 16.2 Å². The highest BCUT2D eigenvalue weighted by Crippen LogP contribution is 2.20. The first-order chi connectivity index (χ1) is 13.1. The second kappa shape index (κ2) is 7.36. The molecule has 4 rings (SSSR count). The molecule has 0 saturated carbocycles. The number of furan rings is 1. The van der Waals surface area contributed by atoms with Crippen molar-refractivity contribution in [3.63, 3.8) is 0 Å². The summed E-state index contributed by atoms with van der Waals surface area (Å²) in [6.07, 6.45) is 0. The number of benzene rings is 1. The van der Waals surface area contributed by atoms with Gasteiger partial charge in [0.05, 0.1) is 12.2 Å². The lowest BCUT2D eigenvalue weighted by Crippen LogP contribution is -2.49. The zero-order chi connectivity index (χ0) is 18.8. The fraction of sp³-hybridized carbons (Fsp3) is 0.350. The average molecular weight is 366 g/mol. The molecule has 0 radical (unpaired) electrons. The summed E-state index contributed by atoms with van der Waals surface area (Å²) in [5.41, 5.74) is 1.48. The minimum Gasteiger partial charge on any atom is -0.451 e. The Kier molecular flexibility index (Phi) is 4.77. The van der Waals surface area contributed by atoms with Gasteiger partial charge in [-0.3, -0.25) is 14.5 Å². The van der Waals surface area contributed by atoms with E-state index in [1.807, 2.05) is 36.1 Å². The van der Waals surface area contributed by atoms with Gasteiger partial charge in [-0.2, -0.15) is 5.10 Å². The molecule has 1 aliphatic heterocycles. The van der Waals surface area contributed by atoms with Crippen molar-refractivity contribution in [2.24, 2.45) is 0 Å². The third kappa shape index (κ3) is 3.78. The number of amides is 1. The van der Waals surface area contributed by atoms with Crippen molar-refractivity contribution >= 4 is 16.9 Å². The van der Waals surface area contributed by atoms with Gasteiger partial charge in [-0.05, 0) is 25.1 Å². The van der Waals surface area contributed by atoms with E-state index in [9.17, 15) is 9.59 Å². The molecule has 1 fully saturated rings. The first kappa shape index (κ1) is 17.5. The van der Waals surface area contributed by atoms with Crippen LogP contribution in [0, 0.1) is 6.92 Å². The number of hydrogen-bond acceptors (Lipinski definition) is 5. The summed E-state index contributed by atoms with van der Waals surface area (Å²) in [6.45, 7) is 6.00. The second-order valence-corrected chi connectivity index (χ2v) is 6.82. The monoisotopic (exact) mass is 366 g/mol. The summed E-state index contributed by atoms with van der Waals surface area (Å²) >= 11 is 0. The summed E-state index contributed by atoms with van der Waals surface area (Å²) in [5.74, 6) is 0.322. The normalized spacial score (nSPS) is 15.4. The van der Waals surface area contributed by atoms with Crippen molar-refractivity contribution in [2.45, 2.75) is 13.5 Å². The summed E-state index contributed by atoms with van der Waals surface area (Å²) in [5, 5.41) is 5.20. The van der Waals surface area contributed by atoms with E-state index in [1.54, 1.807) is 18.2 Å². The SMILES string of the molecule is Cc1ccc(=O)n(CCN2CCN(C(=O)c3cc4ccccc4o3)CC2)n1. The van der Waals surface area contributed by atoms with E-state index in [-0.39, 0.29) is 11.5 Å². The quantitative estimate of drug-likeness (QED) is 0.704. The molecule has 0 N–H and O–H groups in total. The third-order valence-electron chi connectivity index (χ3n) is 4.92. The third-order valence-corrected chi connectivity index (χ3v) is 4.92. The summed E-state index contributed by atoms with van der Waals surface area (Å²) in [7, 11) is 0. The Hall–Kier alpha value is -2.93. The molecule has 2 aromatic heterocycles.